The number of hydrogen-bond donors (Lipinski definition) is 0. The van der Waals surface area contributed by atoms with Crippen LogP contribution in [-0.4, -0.2) is 14.5 Å². The van der Waals surface area contributed by atoms with Crippen LogP contribution in [0.1, 0.15) is 11.1 Å². The summed E-state index contributed by atoms with van der Waals surface area (Å²) in [6.07, 6.45) is 0. The molecule has 12 rings (SSSR count). The van der Waals surface area contributed by atoms with Crippen molar-refractivity contribution in [2.75, 3.05) is 9.80 Å². The number of nitriles is 2. The standard InChI is InChI=1S/C67H42N8/c1-70-52-28-32-56(33-29-52)74(55-30-22-46(44-68)23-31-55)59-36-39-66-62(42-59)61-41-58(73(53-18-10-4-11-19-53)54-20-12-5-13-21-54)35-38-65(61)75(66)57-34-37-60(51(40-57)45-69)47-24-26-49(27-25-47)64-43-63(48-14-6-2-7-15-48)71-67(72-64)50-16-8-3-9-17-50/h2-43H. The Bertz CT molecular complexity index is 4020. The zero-order valence-corrected chi connectivity index (χ0v) is 40.3. The highest BCUT2D eigenvalue weighted by molar-refractivity contribution is 6.12. The smallest absolute Gasteiger partial charge is 0.187 e. The zero-order valence-electron chi connectivity index (χ0n) is 40.3. The van der Waals surface area contributed by atoms with E-state index in [0.29, 0.717) is 22.6 Å². The van der Waals surface area contributed by atoms with Crippen molar-refractivity contribution in [1.29, 1.82) is 10.5 Å². The lowest BCUT2D eigenvalue weighted by atomic mass is 9.97. The lowest BCUT2D eigenvalue weighted by molar-refractivity contribution is 1.17. The van der Waals surface area contributed by atoms with E-state index in [2.05, 4.69) is 159 Å². The highest BCUT2D eigenvalue weighted by Crippen LogP contribution is 2.44. The molecule has 2 aromatic heterocycles. The predicted octanol–water partition coefficient (Wildman–Crippen LogP) is 17.5. The van der Waals surface area contributed by atoms with E-state index < -0.39 is 0 Å². The number of hydrogen-bond acceptors (Lipinski definition) is 6. The van der Waals surface area contributed by atoms with Crippen LogP contribution in [0.15, 0.2) is 255 Å². The van der Waals surface area contributed by atoms with Gasteiger partial charge >= 0.3 is 0 Å². The number of fused-ring (bicyclic) bond motifs is 3. The Morgan fingerprint density at radius 2 is 0.853 bits per heavy atom. The molecule has 0 saturated carbocycles. The average Bonchev–Trinajstić information content (AvgIpc) is 3.81. The zero-order chi connectivity index (χ0) is 50.7. The van der Waals surface area contributed by atoms with Crippen LogP contribution >= 0.6 is 0 Å². The largest absolute Gasteiger partial charge is 0.311 e. The minimum Gasteiger partial charge on any atom is -0.311 e. The maximum Gasteiger partial charge on any atom is 0.187 e. The van der Waals surface area contributed by atoms with Gasteiger partial charge in [0.2, 0.25) is 0 Å². The molecule has 8 nitrogen and oxygen atoms in total. The Labute approximate surface area is 434 Å². The second-order valence-electron chi connectivity index (χ2n) is 18.0. The van der Waals surface area contributed by atoms with Crippen molar-refractivity contribution in [3.05, 3.63) is 277 Å². The molecule has 0 atom stereocenters. The molecule has 0 spiro atoms. The molecule has 0 N–H and O–H groups in total. The summed E-state index contributed by atoms with van der Waals surface area (Å²) in [6, 6.07) is 90.2. The molecule has 75 heavy (non-hydrogen) atoms. The Morgan fingerprint density at radius 3 is 1.36 bits per heavy atom. The van der Waals surface area contributed by atoms with Crippen molar-refractivity contribution in [3.63, 3.8) is 0 Å². The van der Waals surface area contributed by atoms with Crippen LogP contribution in [0, 0.1) is 29.2 Å². The number of benzene rings is 10. The first-order valence-corrected chi connectivity index (χ1v) is 24.4. The third-order valence-electron chi connectivity index (χ3n) is 13.5. The minimum atomic E-state index is 0.539. The van der Waals surface area contributed by atoms with Crippen LogP contribution in [0.3, 0.4) is 0 Å². The molecule has 0 aliphatic rings. The Morgan fingerprint density at radius 1 is 0.400 bits per heavy atom. The van der Waals surface area contributed by atoms with Crippen molar-refractivity contribution in [3.8, 4) is 62.9 Å². The van der Waals surface area contributed by atoms with Crippen molar-refractivity contribution < 1.29 is 0 Å². The fourth-order valence-corrected chi connectivity index (χ4v) is 9.87. The number of anilines is 6. The maximum absolute atomic E-state index is 10.9. The van der Waals surface area contributed by atoms with Gasteiger partial charge in [0.05, 0.1) is 52.3 Å². The second kappa shape index (κ2) is 19.7. The first-order valence-electron chi connectivity index (χ1n) is 24.4. The summed E-state index contributed by atoms with van der Waals surface area (Å²) in [6.45, 7) is 7.62. The first-order chi connectivity index (χ1) is 37.0. The van der Waals surface area contributed by atoms with Crippen molar-refractivity contribution in [2.45, 2.75) is 0 Å². The summed E-state index contributed by atoms with van der Waals surface area (Å²) in [4.78, 5) is 18.1. The van der Waals surface area contributed by atoms with Crippen LogP contribution in [0.5, 0.6) is 0 Å². The molecular weight excluding hydrogens is 917 g/mol. The molecule has 350 valence electrons. The van der Waals surface area contributed by atoms with Crippen LogP contribution in [0.25, 0.3) is 77.4 Å². The van der Waals surface area contributed by atoms with Crippen molar-refractivity contribution >= 4 is 61.6 Å². The highest BCUT2D eigenvalue weighted by Gasteiger charge is 2.21. The second-order valence-corrected chi connectivity index (χ2v) is 18.0. The molecular formula is C67H42N8. The average molecular weight is 959 g/mol. The Balaban J connectivity index is 0.990. The van der Waals surface area contributed by atoms with E-state index in [1.165, 1.54) is 0 Å². The summed E-state index contributed by atoms with van der Waals surface area (Å²) < 4.78 is 2.24. The van der Waals surface area contributed by atoms with Crippen LogP contribution in [0.2, 0.25) is 0 Å². The van der Waals surface area contributed by atoms with Crippen LogP contribution in [-0.2, 0) is 0 Å². The normalized spacial score (nSPS) is 10.9. The van der Waals surface area contributed by atoms with Crippen molar-refractivity contribution in [2.24, 2.45) is 0 Å². The van der Waals surface area contributed by atoms with Gasteiger partial charge < -0.3 is 14.4 Å². The SMILES string of the molecule is [C-]#[N+]c1ccc(N(c2ccc(C#N)cc2)c2ccc3c(c2)c2cc(N(c4ccccc4)c4ccccc4)ccc2n3-c2ccc(-c3ccc(-c4cc(-c5ccccc5)nc(-c5ccccc5)n4)cc3)c(C#N)c2)cc1. The molecule has 0 fully saturated rings. The van der Waals surface area contributed by atoms with E-state index >= 15 is 0 Å². The summed E-state index contributed by atoms with van der Waals surface area (Å²) in [5.74, 6) is 0.650. The third kappa shape index (κ3) is 8.76. The number of aromatic nitrogens is 3. The lowest BCUT2D eigenvalue weighted by Gasteiger charge is -2.26. The topological polar surface area (TPSA) is 89.1 Å². The molecule has 0 unspecified atom stereocenters. The molecule has 0 aliphatic carbocycles. The van der Waals surface area contributed by atoms with E-state index in [-0.39, 0.29) is 0 Å². The fourth-order valence-electron chi connectivity index (χ4n) is 9.87. The number of rotatable bonds is 11. The monoisotopic (exact) mass is 958 g/mol. The van der Waals surface area contributed by atoms with Gasteiger partial charge in [0.25, 0.3) is 0 Å². The number of nitrogens with zero attached hydrogens (tertiary/aromatic N) is 8. The van der Waals surface area contributed by atoms with Gasteiger partial charge in [0, 0.05) is 67.3 Å². The van der Waals surface area contributed by atoms with Gasteiger partial charge in [0.1, 0.15) is 0 Å². The summed E-state index contributed by atoms with van der Waals surface area (Å²) in [5, 5.41) is 22.6. The Hall–Kier alpha value is -10.9. The summed E-state index contributed by atoms with van der Waals surface area (Å²) in [5.41, 5.74) is 16.3. The van der Waals surface area contributed by atoms with E-state index in [0.717, 1.165) is 101 Å². The van der Waals surface area contributed by atoms with E-state index in [9.17, 15) is 10.5 Å². The minimum absolute atomic E-state index is 0.539. The summed E-state index contributed by atoms with van der Waals surface area (Å²) >= 11 is 0. The molecule has 12 aromatic rings. The molecule has 0 bridgehead atoms. The molecule has 0 amide bonds. The van der Waals surface area contributed by atoms with E-state index in [4.69, 9.17) is 16.5 Å². The van der Waals surface area contributed by atoms with E-state index in [1.807, 2.05) is 127 Å². The van der Waals surface area contributed by atoms with Crippen molar-refractivity contribution in [1.82, 2.24) is 14.5 Å². The van der Waals surface area contributed by atoms with Gasteiger partial charge in [-0.15, -0.1) is 0 Å². The molecule has 2 heterocycles. The van der Waals surface area contributed by atoms with Crippen LogP contribution in [0.4, 0.5) is 39.8 Å². The Kier molecular flexibility index (Phi) is 11.9. The lowest BCUT2D eigenvalue weighted by Crippen LogP contribution is -2.10. The van der Waals surface area contributed by atoms with Gasteiger partial charge in [-0.2, -0.15) is 10.5 Å². The first kappa shape index (κ1) is 45.3. The number of para-hydroxylation sites is 2. The van der Waals surface area contributed by atoms with Gasteiger partial charge in [-0.3, -0.25) is 0 Å². The molecule has 0 radical (unpaired) electrons. The van der Waals surface area contributed by atoms with Gasteiger partial charge in [0.15, 0.2) is 11.5 Å². The summed E-state index contributed by atoms with van der Waals surface area (Å²) in [7, 11) is 0. The van der Waals surface area contributed by atoms with Gasteiger partial charge in [-0.05, 0) is 126 Å². The van der Waals surface area contributed by atoms with Gasteiger partial charge in [-0.25, -0.2) is 14.8 Å². The van der Waals surface area contributed by atoms with E-state index in [1.54, 1.807) is 0 Å². The quantitative estimate of drug-likeness (QED) is 0.120. The third-order valence-corrected chi connectivity index (χ3v) is 13.5. The highest BCUT2D eigenvalue weighted by atomic mass is 15.2. The van der Waals surface area contributed by atoms with Gasteiger partial charge in [-0.1, -0.05) is 140 Å². The molecule has 10 aromatic carbocycles. The molecule has 0 saturated heterocycles. The van der Waals surface area contributed by atoms with Crippen LogP contribution < -0.4 is 9.80 Å². The molecule has 0 aliphatic heterocycles. The predicted molar refractivity (Wildman–Crippen MR) is 303 cm³/mol. The molecule has 8 heteroatoms. The maximum atomic E-state index is 10.9. The fraction of sp³-hybridized carbons (Fsp3) is 0.